The number of nitrogens with one attached hydrogen (secondary N) is 1. The van der Waals surface area contributed by atoms with Crippen LogP contribution in [-0.4, -0.2) is 37.4 Å². The van der Waals surface area contributed by atoms with Crippen LogP contribution >= 0.6 is 11.6 Å². The molecule has 0 bridgehead atoms. The van der Waals surface area contributed by atoms with Crippen LogP contribution < -0.4 is 10.1 Å². The predicted molar refractivity (Wildman–Crippen MR) is 127 cm³/mol. The molecule has 0 aliphatic rings. The molecular weight excluding hydrogens is 426 g/mol. The summed E-state index contributed by atoms with van der Waals surface area (Å²) in [4.78, 5) is 12.3. The smallest absolute Gasteiger partial charge is 0.338 e. The van der Waals surface area contributed by atoms with Crippen molar-refractivity contribution in [3.8, 4) is 5.75 Å². The van der Waals surface area contributed by atoms with Gasteiger partial charge in [0.25, 0.3) is 0 Å². The fourth-order valence-electron chi connectivity index (χ4n) is 3.09. The number of hydrogen-bond acceptors (Lipinski definition) is 5. The molecule has 0 aliphatic heterocycles. The zero-order chi connectivity index (χ0) is 22.8. The fraction of sp³-hybridized carbons (Fsp3) is 0.192. The van der Waals surface area contributed by atoms with Crippen molar-refractivity contribution in [2.24, 2.45) is 0 Å². The van der Waals surface area contributed by atoms with Gasteiger partial charge in [0.1, 0.15) is 18.5 Å². The molecule has 0 amide bonds. The summed E-state index contributed by atoms with van der Waals surface area (Å²) in [6.07, 6.45) is 1.09. The average molecular weight is 452 g/mol. The minimum atomic E-state index is -0.635. The van der Waals surface area contributed by atoms with Crippen molar-refractivity contribution in [1.82, 2.24) is 5.32 Å². The van der Waals surface area contributed by atoms with Gasteiger partial charge >= 0.3 is 5.97 Å². The maximum atomic E-state index is 12.3. The van der Waals surface area contributed by atoms with Gasteiger partial charge in [0.05, 0.1) is 12.7 Å². The van der Waals surface area contributed by atoms with Crippen LogP contribution in [-0.2, 0) is 16.1 Å². The average Bonchev–Trinajstić information content (AvgIpc) is 2.83. The molecule has 0 aromatic heterocycles. The number of ether oxygens (including phenoxy) is 2. The van der Waals surface area contributed by atoms with E-state index >= 15 is 0 Å². The number of hydrogen-bond donors (Lipinski definition) is 2. The summed E-state index contributed by atoms with van der Waals surface area (Å²) in [5.74, 6) is 0.158. The van der Waals surface area contributed by atoms with Crippen LogP contribution in [0.4, 0.5) is 0 Å². The number of aliphatic hydroxyl groups is 1. The summed E-state index contributed by atoms with van der Waals surface area (Å²) in [6.45, 7) is 1.28. The first-order valence-electron chi connectivity index (χ1n) is 10.3. The van der Waals surface area contributed by atoms with Gasteiger partial charge in [-0.15, -0.1) is 0 Å². The molecule has 6 heteroatoms. The molecule has 3 aromatic rings. The maximum Gasteiger partial charge on any atom is 0.338 e. The van der Waals surface area contributed by atoms with Gasteiger partial charge in [-0.25, -0.2) is 4.79 Å². The van der Waals surface area contributed by atoms with Gasteiger partial charge in [0.15, 0.2) is 0 Å². The van der Waals surface area contributed by atoms with Crippen LogP contribution in [0.3, 0.4) is 0 Å². The first-order valence-corrected chi connectivity index (χ1v) is 10.6. The molecule has 3 rings (SSSR count). The molecule has 0 spiro atoms. The Morgan fingerprint density at radius 2 is 1.72 bits per heavy atom. The summed E-state index contributed by atoms with van der Waals surface area (Å²) < 4.78 is 10.6. The number of carbonyl (C=O) groups is 1. The quantitative estimate of drug-likeness (QED) is 0.268. The van der Waals surface area contributed by atoms with Gasteiger partial charge < -0.3 is 19.9 Å². The van der Waals surface area contributed by atoms with Crippen molar-refractivity contribution in [3.63, 3.8) is 0 Å². The summed E-state index contributed by atoms with van der Waals surface area (Å²) in [5, 5.41) is 13.8. The number of carbonyl (C=O) groups excluding carboxylic acids is 1. The van der Waals surface area contributed by atoms with Crippen molar-refractivity contribution >= 4 is 29.2 Å². The third kappa shape index (κ3) is 6.95. The Kier molecular flexibility index (Phi) is 8.87. The van der Waals surface area contributed by atoms with E-state index in [9.17, 15) is 9.90 Å². The Hall–Kier alpha value is -3.12. The van der Waals surface area contributed by atoms with Gasteiger partial charge in [0.2, 0.25) is 0 Å². The molecule has 166 valence electrons. The Morgan fingerprint density at radius 1 is 1.03 bits per heavy atom. The molecule has 0 fully saturated rings. The molecule has 2 N–H and O–H groups in total. The van der Waals surface area contributed by atoms with E-state index in [-0.39, 0.29) is 6.61 Å². The molecular formula is C26H26ClNO4. The lowest BCUT2D eigenvalue weighted by atomic mass is 10.0. The zero-order valence-corrected chi connectivity index (χ0v) is 18.6. The molecule has 1 atom stereocenters. The minimum absolute atomic E-state index is 0.171. The van der Waals surface area contributed by atoms with Crippen LogP contribution in [0.5, 0.6) is 5.75 Å². The van der Waals surface area contributed by atoms with Gasteiger partial charge in [0, 0.05) is 23.7 Å². The van der Waals surface area contributed by atoms with Crippen LogP contribution in [0.2, 0.25) is 5.02 Å². The molecule has 3 aromatic carbocycles. The van der Waals surface area contributed by atoms with Crippen LogP contribution in [0.15, 0.2) is 78.9 Å². The number of halogens is 1. The van der Waals surface area contributed by atoms with Crippen LogP contribution in [0, 0.1) is 0 Å². The van der Waals surface area contributed by atoms with E-state index in [0.29, 0.717) is 35.0 Å². The highest BCUT2D eigenvalue weighted by Crippen LogP contribution is 2.27. The van der Waals surface area contributed by atoms with Crippen LogP contribution in [0.25, 0.3) is 11.6 Å². The molecule has 5 nitrogen and oxygen atoms in total. The first-order chi connectivity index (χ1) is 15.6. The van der Waals surface area contributed by atoms with Crippen molar-refractivity contribution < 1.29 is 19.4 Å². The molecule has 0 aliphatic carbocycles. The van der Waals surface area contributed by atoms with E-state index in [1.807, 2.05) is 48.5 Å². The van der Waals surface area contributed by atoms with E-state index in [2.05, 4.69) is 5.32 Å². The van der Waals surface area contributed by atoms with E-state index in [1.165, 1.54) is 7.11 Å². The van der Waals surface area contributed by atoms with Crippen molar-refractivity contribution in [2.45, 2.75) is 12.6 Å². The fourth-order valence-corrected chi connectivity index (χ4v) is 3.33. The number of rotatable bonds is 10. The van der Waals surface area contributed by atoms with Gasteiger partial charge in [-0.3, -0.25) is 0 Å². The predicted octanol–water partition coefficient (Wildman–Crippen LogP) is 4.58. The van der Waals surface area contributed by atoms with E-state index in [0.717, 1.165) is 11.1 Å². The third-order valence-electron chi connectivity index (χ3n) is 4.75. The SMILES string of the molecule is COC(=O)/C(=C/c1ccc(OCC(O)CNCc2ccccc2)cc1)c1ccccc1Cl. The number of methoxy groups -OCH3 is 1. The normalized spacial score (nSPS) is 12.3. The van der Waals surface area contributed by atoms with E-state index < -0.39 is 12.1 Å². The molecule has 0 radical (unpaired) electrons. The Bertz CT molecular complexity index is 1040. The van der Waals surface area contributed by atoms with Gasteiger partial charge in [-0.05, 0) is 35.4 Å². The Labute approximate surface area is 193 Å². The van der Waals surface area contributed by atoms with Gasteiger partial charge in [-0.1, -0.05) is 72.3 Å². The number of aliphatic hydroxyl groups excluding tert-OH is 1. The summed E-state index contributed by atoms with van der Waals surface area (Å²) >= 11 is 6.26. The second-order valence-corrected chi connectivity index (χ2v) is 7.59. The van der Waals surface area contributed by atoms with Crippen molar-refractivity contribution in [2.75, 3.05) is 20.3 Å². The maximum absolute atomic E-state index is 12.3. The van der Waals surface area contributed by atoms with E-state index in [1.54, 1.807) is 36.4 Å². The molecule has 0 heterocycles. The molecule has 1 unspecified atom stereocenters. The summed E-state index contributed by atoms with van der Waals surface area (Å²) in [7, 11) is 1.34. The first kappa shape index (κ1) is 23.5. The lowest BCUT2D eigenvalue weighted by molar-refractivity contribution is -0.133. The van der Waals surface area contributed by atoms with E-state index in [4.69, 9.17) is 21.1 Å². The largest absolute Gasteiger partial charge is 0.491 e. The lowest BCUT2D eigenvalue weighted by Gasteiger charge is -2.13. The highest BCUT2D eigenvalue weighted by atomic mass is 35.5. The highest BCUT2D eigenvalue weighted by molar-refractivity contribution is 6.35. The van der Waals surface area contributed by atoms with Crippen LogP contribution in [0.1, 0.15) is 16.7 Å². The number of esters is 1. The molecule has 32 heavy (non-hydrogen) atoms. The monoisotopic (exact) mass is 451 g/mol. The topological polar surface area (TPSA) is 67.8 Å². The zero-order valence-electron chi connectivity index (χ0n) is 17.8. The summed E-state index contributed by atoms with van der Waals surface area (Å²) in [5.41, 5.74) is 2.93. The van der Waals surface area contributed by atoms with Crippen molar-refractivity contribution in [1.29, 1.82) is 0 Å². The Balaban J connectivity index is 1.56. The standard InChI is InChI=1S/C26H26ClNO4/c1-31-26(30)24(23-9-5-6-10-25(23)27)15-19-11-13-22(14-12-19)32-18-21(29)17-28-16-20-7-3-2-4-8-20/h2-15,21,28-29H,16-18H2,1H3/b24-15+. The lowest BCUT2D eigenvalue weighted by Crippen LogP contribution is -2.31. The number of benzene rings is 3. The van der Waals surface area contributed by atoms with Gasteiger partial charge in [-0.2, -0.15) is 0 Å². The third-order valence-corrected chi connectivity index (χ3v) is 5.08. The summed E-state index contributed by atoms with van der Waals surface area (Å²) in [6, 6.07) is 24.4. The minimum Gasteiger partial charge on any atom is -0.491 e. The second kappa shape index (κ2) is 12.1. The highest BCUT2D eigenvalue weighted by Gasteiger charge is 2.15. The molecule has 0 saturated heterocycles. The molecule has 0 saturated carbocycles. The Morgan fingerprint density at radius 3 is 2.41 bits per heavy atom. The second-order valence-electron chi connectivity index (χ2n) is 7.18. The van der Waals surface area contributed by atoms with Crippen molar-refractivity contribution in [3.05, 3.63) is 101 Å².